The number of halogens is 1. The number of piperazine rings is 1. The average molecular weight is 314 g/mol. The Morgan fingerprint density at radius 1 is 1.33 bits per heavy atom. The molecular formula is C14H24ClN5O. The smallest absolute Gasteiger partial charge is 0.257 e. The lowest BCUT2D eigenvalue weighted by Crippen LogP contribution is -2.49. The number of likely N-dealkylation sites (tertiary alicyclic amines) is 1. The zero-order chi connectivity index (χ0) is 14.1. The van der Waals surface area contributed by atoms with Gasteiger partial charge in [-0.3, -0.25) is 14.4 Å². The molecular weight excluding hydrogens is 290 g/mol. The lowest BCUT2D eigenvalue weighted by atomic mass is 10.2. The summed E-state index contributed by atoms with van der Waals surface area (Å²) in [5.41, 5.74) is 1.57. The first-order valence-corrected chi connectivity index (χ1v) is 7.39. The van der Waals surface area contributed by atoms with Crippen molar-refractivity contribution in [3.63, 3.8) is 0 Å². The Bertz CT molecular complexity index is 498. The number of nitrogens with zero attached hydrogens (tertiary/aromatic N) is 4. The minimum Gasteiger partial charge on any atom is -0.337 e. The minimum absolute atomic E-state index is 0. The second-order valence-electron chi connectivity index (χ2n) is 5.78. The maximum absolute atomic E-state index is 12.6. The predicted octanol–water partition coefficient (Wildman–Crippen LogP) is 0.270. The summed E-state index contributed by atoms with van der Waals surface area (Å²) in [4.78, 5) is 17.0. The van der Waals surface area contributed by atoms with Crippen molar-refractivity contribution < 1.29 is 4.79 Å². The van der Waals surface area contributed by atoms with Crippen LogP contribution in [0.4, 0.5) is 0 Å². The Morgan fingerprint density at radius 2 is 2.05 bits per heavy atom. The van der Waals surface area contributed by atoms with E-state index in [0.717, 1.165) is 56.9 Å². The maximum Gasteiger partial charge on any atom is 0.257 e. The van der Waals surface area contributed by atoms with Gasteiger partial charge in [0.25, 0.3) is 5.91 Å². The van der Waals surface area contributed by atoms with E-state index < -0.39 is 0 Å². The highest BCUT2D eigenvalue weighted by Gasteiger charge is 2.32. The van der Waals surface area contributed by atoms with Gasteiger partial charge in [-0.15, -0.1) is 12.4 Å². The lowest BCUT2D eigenvalue weighted by Gasteiger charge is -2.32. The van der Waals surface area contributed by atoms with Gasteiger partial charge in [-0.25, -0.2) is 0 Å². The molecule has 0 aliphatic carbocycles. The van der Waals surface area contributed by atoms with Crippen LogP contribution in [-0.4, -0.2) is 70.8 Å². The molecule has 1 aromatic heterocycles. The summed E-state index contributed by atoms with van der Waals surface area (Å²) in [6.07, 6.45) is 2.92. The topological polar surface area (TPSA) is 53.4 Å². The summed E-state index contributed by atoms with van der Waals surface area (Å²) in [6, 6.07) is 0.526. The normalized spacial score (nSPS) is 23.1. The number of aromatic nitrogens is 2. The maximum atomic E-state index is 12.6. The first kappa shape index (κ1) is 16.3. The predicted molar refractivity (Wildman–Crippen MR) is 83.9 cm³/mol. The Labute approximate surface area is 131 Å². The summed E-state index contributed by atoms with van der Waals surface area (Å²) in [6.45, 7) is 7.93. The number of carbonyl (C=O) groups excluding carboxylic acids is 1. The van der Waals surface area contributed by atoms with Crippen LogP contribution in [0.1, 0.15) is 22.5 Å². The fourth-order valence-electron chi connectivity index (χ4n) is 3.25. The van der Waals surface area contributed by atoms with Crippen molar-refractivity contribution in [3.8, 4) is 0 Å². The van der Waals surface area contributed by atoms with Gasteiger partial charge in [-0.2, -0.15) is 5.10 Å². The van der Waals surface area contributed by atoms with Crippen LogP contribution in [0.5, 0.6) is 0 Å². The van der Waals surface area contributed by atoms with Crippen LogP contribution < -0.4 is 5.32 Å². The highest BCUT2D eigenvalue weighted by molar-refractivity contribution is 5.95. The fraction of sp³-hybridized carbons (Fsp3) is 0.714. The molecule has 0 radical (unpaired) electrons. The number of hydrogen-bond acceptors (Lipinski definition) is 4. The Kier molecular flexibility index (Phi) is 5.24. The third-order valence-corrected chi connectivity index (χ3v) is 4.36. The van der Waals surface area contributed by atoms with E-state index in [1.54, 1.807) is 4.68 Å². The van der Waals surface area contributed by atoms with Gasteiger partial charge < -0.3 is 10.2 Å². The number of rotatable bonds is 2. The van der Waals surface area contributed by atoms with Gasteiger partial charge in [0.2, 0.25) is 0 Å². The van der Waals surface area contributed by atoms with Crippen LogP contribution in [-0.2, 0) is 7.05 Å². The largest absolute Gasteiger partial charge is 0.337 e. The minimum atomic E-state index is 0. The van der Waals surface area contributed by atoms with Crippen LogP contribution in [0.3, 0.4) is 0 Å². The van der Waals surface area contributed by atoms with Gasteiger partial charge in [0, 0.05) is 58.6 Å². The van der Waals surface area contributed by atoms with E-state index >= 15 is 0 Å². The molecule has 0 bridgehead atoms. The molecule has 0 spiro atoms. The third kappa shape index (κ3) is 3.39. The zero-order valence-electron chi connectivity index (χ0n) is 12.7. The van der Waals surface area contributed by atoms with E-state index in [1.165, 1.54) is 0 Å². The number of nitrogens with one attached hydrogen (secondary N) is 1. The van der Waals surface area contributed by atoms with Gasteiger partial charge in [0.05, 0.1) is 11.3 Å². The fourth-order valence-corrected chi connectivity index (χ4v) is 3.25. The molecule has 1 aromatic rings. The van der Waals surface area contributed by atoms with E-state index in [4.69, 9.17) is 0 Å². The van der Waals surface area contributed by atoms with Crippen molar-refractivity contribution in [1.29, 1.82) is 0 Å². The summed E-state index contributed by atoms with van der Waals surface area (Å²) < 4.78 is 1.71. The molecule has 1 amide bonds. The third-order valence-electron chi connectivity index (χ3n) is 4.36. The number of hydrogen-bond donors (Lipinski definition) is 1. The van der Waals surface area contributed by atoms with Crippen molar-refractivity contribution in [2.45, 2.75) is 19.4 Å². The molecule has 6 nitrogen and oxygen atoms in total. The molecule has 0 aromatic carbocycles. The molecule has 21 heavy (non-hydrogen) atoms. The molecule has 2 fully saturated rings. The number of carbonyl (C=O) groups is 1. The number of amides is 1. The molecule has 118 valence electrons. The quantitative estimate of drug-likeness (QED) is 0.851. The van der Waals surface area contributed by atoms with Crippen molar-refractivity contribution >= 4 is 18.3 Å². The van der Waals surface area contributed by atoms with Gasteiger partial charge >= 0.3 is 0 Å². The van der Waals surface area contributed by atoms with Crippen LogP contribution in [0.2, 0.25) is 0 Å². The molecule has 7 heteroatoms. The standard InChI is InChI=1S/C14H23N5O.ClH/c1-11-13(10-17(2)16-11)14(20)19-6-3-12(9-19)18-7-4-15-5-8-18;/h10,12,15H,3-9H2,1-2H3;1H. The summed E-state index contributed by atoms with van der Waals surface area (Å²) >= 11 is 0. The van der Waals surface area contributed by atoms with Crippen LogP contribution in [0.25, 0.3) is 0 Å². The van der Waals surface area contributed by atoms with E-state index in [9.17, 15) is 4.79 Å². The Hall–Kier alpha value is -1.11. The molecule has 1 atom stereocenters. The zero-order valence-corrected chi connectivity index (χ0v) is 13.5. The second-order valence-corrected chi connectivity index (χ2v) is 5.78. The number of aryl methyl sites for hydroxylation is 2. The first-order valence-electron chi connectivity index (χ1n) is 7.39. The van der Waals surface area contributed by atoms with Gasteiger partial charge in [0.15, 0.2) is 0 Å². The molecule has 2 aliphatic heterocycles. The highest BCUT2D eigenvalue weighted by Crippen LogP contribution is 2.19. The summed E-state index contributed by atoms with van der Waals surface area (Å²) in [7, 11) is 1.86. The molecule has 0 saturated carbocycles. The molecule has 1 unspecified atom stereocenters. The van der Waals surface area contributed by atoms with Crippen molar-refractivity contribution in [3.05, 3.63) is 17.5 Å². The summed E-state index contributed by atoms with van der Waals surface area (Å²) in [5, 5.41) is 7.64. The average Bonchev–Trinajstić information content (AvgIpc) is 3.06. The Balaban J connectivity index is 0.00000161. The van der Waals surface area contributed by atoms with E-state index in [-0.39, 0.29) is 18.3 Å². The van der Waals surface area contributed by atoms with Crippen molar-refractivity contribution in [2.75, 3.05) is 39.3 Å². The second kappa shape index (κ2) is 6.77. The van der Waals surface area contributed by atoms with E-state index in [1.807, 2.05) is 25.1 Å². The van der Waals surface area contributed by atoms with Crippen molar-refractivity contribution in [1.82, 2.24) is 24.9 Å². The van der Waals surface area contributed by atoms with Crippen LogP contribution >= 0.6 is 12.4 Å². The van der Waals surface area contributed by atoms with Gasteiger partial charge in [0.1, 0.15) is 0 Å². The van der Waals surface area contributed by atoms with Gasteiger partial charge in [-0.1, -0.05) is 0 Å². The van der Waals surface area contributed by atoms with Crippen LogP contribution in [0, 0.1) is 6.92 Å². The SMILES string of the molecule is Cc1nn(C)cc1C(=O)N1CCC(N2CCNCC2)C1.Cl. The summed E-state index contributed by atoms with van der Waals surface area (Å²) in [5.74, 6) is 0.133. The first-order chi connectivity index (χ1) is 9.65. The van der Waals surface area contributed by atoms with E-state index in [2.05, 4.69) is 15.3 Å². The molecule has 3 rings (SSSR count). The molecule has 2 aliphatic rings. The molecule has 1 N–H and O–H groups in total. The monoisotopic (exact) mass is 313 g/mol. The highest BCUT2D eigenvalue weighted by atomic mass is 35.5. The van der Waals surface area contributed by atoms with Crippen molar-refractivity contribution in [2.24, 2.45) is 7.05 Å². The Morgan fingerprint density at radius 3 is 2.67 bits per heavy atom. The van der Waals surface area contributed by atoms with E-state index in [0.29, 0.717) is 6.04 Å². The lowest BCUT2D eigenvalue weighted by molar-refractivity contribution is 0.0772. The van der Waals surface area contributed by atoms with Crippen LogP contribution in [0.15, 0.2) is 6.20 Å². The van der Waals surface area contributed by atoms with Gasteiger partial charge in [-0.05, 0) is 13.3 Å². The molecule has 2 saturated heterocycles. The molecule has 3 heterocycles.